The number of methoxy groups -OCH3 is 1. The van der Waals surface area contributed by atoms with E-state index in [9.17, 15) is 5.11 Å². The van der Waals surface area contributed by atoms with Crippen molar-refractivity contribution in [1.82, 2.24) is 0 Å². The van der Waals surface area contributed by atoms with E-state index in [1.165, 1.54) is 11.1 Å². The maximum Gasteiger partial charge on any atom is 0.122 e. The average Bonchev–Trinajstić information content (AvgIpc) is 2.10. The number of aliphatic hydroxyl groups is 1. The molecule has 1 N–H and O–H groups in total. The molecule has 78 valence electrons. The Labute approximate surface area is 85.5 Å². The van der Waals surface area contributed by atoms with Crippen LogP contribution in [0, 0.1) is 13.8 Å². The minimum atomic E-state index is -0.328. The Morgan fingerprint density at radius 1 is 1.29 bits per heavy atom. The van der Waals surface area contributed by atoms with Crippen molar-refractivity contribution < 1.29 is 9.84 Å². The third kappa shape index (κ3) is 2.48. The second-order valence-corrected chi connectivity index (χ2v) is 3.80. The van der Waals surface area contributed by atoms with Crippen molar-refractivity contribution in [3.8, 4) is 5.75 Å². The molecule has 0 fully saturated rings. The number of ether oxygens (including phenoxy) is 1. The highest BCUT2D eigenvalue weighted by molar-refractivity contribution is 5.42. The number of rotatable bonds is 3. The van der Waals surface area contributed by atoms with Gasteiger partial charge in [0.25, 0.3) is 0 Å². The summed E-state index contributed by atoms with van der Waals surface area (Å²) in [6.07, 6.45) is 0.315. The smallest absolute Gasteiger partial charge is 0.122 e. The van der Waals surface area contributed by atoms with E-state index >= 15 is 0 Å². The summed E-state index contributed by atoms with van der Waals surface area (Å²) in [4.78, 5) is 0. The fourth-order valence-corrected chi connectivity index (χ4v) is 1.52. The predicted molar refractivity (Wildman–Crippen MR) is 57.9 cm³/mol. The molecule has 1 unspecified atom stereocenters. The molecule has 0 aliphatic rings. The standard InChI is InChI=1S/C12H18O2/c1-8-5-11(7-10(3)13)12(14-4)6-9(8)2/h5-6,10,13H,7H2,1-4H3. The highest BCUT2D eigenvalue weighted by Gasteiger charge is 2.08. The van der Waals surface area contributed by atoms with E-state index in [-0.39, 0.29) is 6.10 Å². The molecular formula is C12H18O2. The van der Waals surface area contributed by atoms with Crippen molar-refractivity contribution in [3.63, 3.8) is 0 Å². The largest absolute Gasteiger partial charge is 0.496 e. The third-order valence-electron chi connectivity index (χ3n) is 2.41. The molecule has 0 aromatic heterocycles. The summed E-state index contributed by atoms with van der Waals surface area (Å²) < 4.78 is 5.27. The first-order valence-corrected chi connectivity index (χ1v) is 4.86. The van der Waals surface area contributed by atoms with E-state index < -0.39 is 0 Å². The Kier molecular flexibility index (Phi) is 3.53. The normalized spacial score (nSPS) is 12.6. The zero-order chi connectivity index (χ0) is 10.7. The lowest BCUT2D eigenvalue weighted by Crippen LogP contribution is -2.06. The fourth-order valence-electron chi connectivity index (χ4n) is 1.52. The molecule has 1 rings (SSSR count). The van der Waals surface area contributed by atoms with Crippen molar-refractivity contribution >= 4 is 0 Å². The summed E-state index contributed by atoms with van der Waals surface area (Å²) in [5.74, 6) is 0.869. The van der Waals surface area contributed by atoms with Gasteiger partial charge in [0, 0.05) is 6.42 Å². The second-order valence-electron chi connectivity index (χ2n) is 3.80. The van der Waals surface area contributed by atoms with Crippen molar-refractivity contribution in [1.29, 1.82) is 0 Å². The van der Waals surface area contributed by atoms with Crippen LogP contribution >= 0.6 is 0 Å². The molecule has 0 heterocycles. The Morgan fingerprint density at radius 3 is 2.36 bits per heavy atom. The van der Waals surface area contributed by atoms with E-state index in [2.05, 4.69) is 19.9 Å². The highest BCUT2D eigenvalue weighted by atomic mass is 16.5. The van der Waals surface area contributed by atoms with E-state index in [4.69, 9.17) is 4.74 Å². The molecule has 0 saturated carbocycles. The molecule has 2 heteroatoms. The van der Waals surface area contributed by atoms with Crippen LogP contribution in [-0.2, 0) is 6.42 Å². The molecule has 1 aromatic rings. The zero-order valence-corrected chi connectivity index (χ0v) is 9.29. The zero-order valence-electron chi connectivity index (χ0n) is 9.29. The van der Waals surface area contributed by atoms with E-state index in [0.717, 1.165) is 11.3 Å². The minimum absolute atomic E-state index is 0.328. The van der Waals surface area contributed by atoms with Crippen LogP contribution in [0.1, 0.15) is 23.6 Å². The van der Waals surface area contributed by atoms with Gasteiger partial charge in [0.15, 0.2) is 0 Å². The van der Waals surface area contributed by atoms with Crippen LogP contribution in [0.25, 0.3) is 0 Å². The van der Waals surface area contributed by atoms with Crippen LogP contribution in [0.4, 0.5) is 0 Å². The topological polar surface area (TPSA) is 29.5 Å². The maximum atomic E-state index is 9.33. The molecule has 0 spiro atoms. The summed E-state index contributed by atoms with van der Waals surface area (Å²) in [6.45, 7) is 5.92. The first-order chi connectivity index (χ1) is 6.54. The molecule has 0 bridgehead atoms. The molecule has 0 radical (unpaired) electrons. The van der Waals surface area contributed by atoms with Crippen LogP contribution in [0.15, 0.2) is 12.1 Å². The molecule has 0 amide bonds. The van der Waals surface area contributed by atoms with Gasteiger partial charge in [0.1, 0.15) is 5.75 Å². The molecule has 0 aliphatic heterocycles. The molecule has 14 heavy (non-hydrogen) atoms. The number of aryl methyl sites for hydroxylation is 2. The molecule has 2 nitrogen and oxygen atoms in total. The van der Waals surface area contributed by atoms with Gasteiger partial charge in [-0.2, -0.15) is 0 Å². The SMILES string of the molecule is COc1cc(C)c(C)cc1CC(C)O. The van der Waals surface area contributed by atoms with Crippen LogP contribution in [-0.4, -0.2) is 18.3 Å². The number of benzene rings is 1. The number of hydrogen-bond donors (Lipinski definition) is 1. The van der Waals surface area contributed by atoms with Gasteiger partial charge < -0.3 is 9.84 Å². The summed E-state index contributed by atoms with van der Waals surface area (Å²) in [5.41, 5.74) is 3.53. The summed E-state index contributed by atoms with van der Waals surface area (Å²) >= 11 is 0. The monoisotopic (exact) mass is 194 g/mol. The van der Waals surface area contributed by atoms with E-state index in [0.29, 0.717) is 6.42 Å². The molecule has 0 aliphatic carbocycles. The predicted octanol–water partition coefficient (Wildman–Crippen LogP) is 2.24. The van der Waals surface area contributed by atoms with Crippen molar-refractivity contribution in [3.05, 3.63) is 28.8 Å². The Bertz CT molecular complexity index is 316. The molecule has 1 atom stereocenters. The average molecular weight is 194 g/mol. The van der Waals surface area contributed by atoms with Gasteiger partial charge in [-0.15, -0.1) is 0 Å². The van der Waals surface area contributed by atoms with E-state index in [1.54, 1.807) is 14.0 Å². The van der Waals surface area contributed by atoms with Gasteiger partial charge in [-0.1, -0.05) is 6.07 Å². The Hall–Kier alpha value is -1.02. The Balaban J connectivity index is 3.07. The van der Waals surface area contributed by atoms with Gasteiger partial charge in [-0.05, 0) is 43.5 Å². The highest BCUT2D eigenvalue weighted by Crippen LogP contribution is 2.24. The molecular weight excluding hydrogens is 176 g/mol. The lowest BCUT2D eigenvalue weighted by molar-refractivity contribution is 0.194. The molecule has 0 saturated heterocycles. The number of aliphatic hydroxyl groups excluding tert-OH is 1. The lowest BCUT2D eigenvalue weighted by atomic mass is 10.0. The van der Waals surface area contributed by atoms with Crippen molar-refractivity contribution in [2.75, 3.05) is 7.11 Å². The Morgan fingerprint density at radius 2 is 1.86 bits per heavy atom. The van der Waals surface area contributed by atoms with Gasteiger partial charge in [0.05, 0.1) is 13.2 Å². The quantitative estimate of drug-likeness (QED) is 0.799. The second kappa shape index (κ2) is 4.47. The maximum absolute atomic E-state index is 9.33. The fraction of sp³-hybridized carbons (Fsp3) is 0.500. The summed E-state index contributed by atoms with van der Waals surface area (Å²) in [7, 11) is 1.66. The summed E-state index contributed by atoms with van der Waals surface area (Å²) in [5, 5.41) is 9.33. The van der Waals surface area contributed by atoms with Crippen molar-refractivity contribution in [2.45, 2.75) is 33.3 Å². The van der Waals surface area contributed by atoms with Gasteiger partial charge in [0.2, 0.25) is 0 Å². The van der Waals surface area contributed by atoms with Gasteiger partial charge in [-0.25, -0.2) is 0 Å². The van der Waals surface area contributed by atoms with Crippen LogP contribution in [0.3, 0.4) is 0 Å². The van der Waals surface area contributed by atoms with Gasteiger partial charge in [-0.3, -0.25) is 0 Å². The minimum Gasteiger partial charge on any atom is -0.496 e. The van der Waals surface area contributed by atoms with Crippen LogP contribution < -0.4 is 4.74 Å². The first kappa shape index (κ1) is 11.1. The van der Waals surface area contributed by atoms with E-state index in [1.807, 2.05) is 6.07 Å². The van der Waals surface area contributed by atoms with Crippen molar-refractivity contribution in [2.24, 2.45) is 0 Å². The lowest BCUT2D eigenvalue weighted by Gasteiger charge is -2.12. The molecule has 1 aromatic carbocycles. The van der Waals surface area contributed by atoms with Crippen LogP contribution in [0.2, 0.25) is 0 Å². The van der Waals surface area contributed by atoms with Gasteiger partial charge >= 0.3 is 0 Å². The number of hydrogen-bond acceptors (Lipinski definition) is 2. The van der Waals surface area contributed by atoms with Crippen LogP contribution in [0.5, 0.6) is 5.75 Å². The first-order valence-electron chi connectivity index (χ1n) is 4.86. The third-order valence-corrected chi connectivity index (χ3v) is 2.41. The summed E-state index contributed by atoms with van der Waals surface area (Å²) in [6, 6.07) is 4.11.